The van der Waals surface area contributed by atoms with Crippen LogP contribution in [0.1, 0.15) is 32.4 Å². The summed E-state index contributed by atoms with van der Waals surface area (Å²) < 4.78 is 11.5. The lowest BCUT2D eigenvalue weighted by Gasteiger charge is -2.33. The molecule has 1 aromatic rings. The number of benzene rings is 1. The van der Waals surface area contributed by atoms with Gasteiger partial charge in [0.1, 0.15) is 37.9 Å². The lowest BCUT2D eigenvalue weighted by Crippen LogP contribution is -3.16. The Balaban J connectivity index is 1.75. The number of halogens is 1. The zero-order valence-corrected chi connectivity index (χ0v) is 14.3. The van der Waals surface area contributed by atoms with Crippen LogP contribution in [-0.4, -0.2) is 49.7 Å². The second-order valence-corrected chi connectivity index (χ2v) is 6.74. The molecule has 0 saturated carbocycles. The molecule has 0 aromatic heterocycles. The molecule has 5 atom stereocenters. The zero-order valence-electron chi connectivity index (χ0n) is 13.6. The maximum Gasteiger partial charge on any atom is 0.126 e. The van der Waals surface area contributed by atoms with E-state index in [-0.39, 0.29) is 18.3 Å². The molecule has 1 unspecified atom stereocenters. The van der Waals surface area contributed by atoms with Crippen LogP contribution < -0.4 is 4.90 Å². The first-order chi connectivity index (χ1) is 10.4. The maximum atomic E-state index is 10.2. The minimum atomic E-state index is -0.456. The van der Waals surface area contributed by atoms with Crippen molar-refractivity contribution in [3.63, 3.8) is 0 Å². The first-order valence-corrected chi connectivity index (χ1v) is 8.36. The molecule has 1 saturated heterocycles. The van der Waals surface area contributed by atoms with Gasteiger partial charge in [0.05, 0.1) is 12.7 Å². The number of aliphatic hydroxyl groups excluding tert-OH is 1. The van der Waals surface area contributed by atoms with E-state index in [1.807, 2.05) is 31.2 Å². The quantitative estimate of drug-likeness (QED) is 0.831. The number of nitrogens with one attached hydrogen (secondary N) is 1. The molecule has 124 valence electrons. The molecular formula is C17H27ClNO3+. The first-order valence-electron chi connectivity index (χ1n) is 7.98. The molecule has 0 radical (unpaired) electrons. The summed E-state index contributed by atoms with van der Waals surface area (Å²) in [6.45, 7) is 9.08. The van der Waals surface area contributed by atoms with Gasteiger partial charge < -0.3 is 19.5 Å². The van der Waals surface area contributed by atoms with Gasteiger partial charge in [-0.3, -0.25) is 0 Å². The molecule has 2 N–H and O–H groups in total. The lowest BCUT2D eigenvalue weighted by atomic mass is 10.1. The monoisotopic (exact) mass is 328 g/mol. The van der Waals surface area contributed by atoms with Gasteiger partial charge in [0.25, 0.3) is 0 Å². The van der Waals surface area contributed by atoms with Crippen molar-refractivity contribution in [3.8, 4) is 0 Å². The van der Waals surface area contributed by atoms with Gasteiger partial charge in [0, 0.05) is 5.02 Å². The topological polar surface area (TPSA) is 43.1 Å². The van der Waals surface area contributed by atoms with Crippen molar-refractivity contribution >= 4 is 11.6 Å². The van der Waals surface area contributed by atoms with Crippen LogP contribution in [0, 0.1) is 0 Å². The third-order valence-electron chi connectivity index (χ3n) is 4.02. The molecular weight excluding hydrogens is 302 g/mol. The summed E-state index contributed by atoms with van der Waals surface area (Å²) in [4.78, 5) is 1.38. The van der Waals surface area contributed by atoms with Crippen LogP contribution in [0.5, 0.6) is 0 Å². The first kappa shape index (κ1) is 17.7. The van der Waals surface area contributed by atoms with E-state index in [1.54, 1.807) is 0 Å². The Hall–Kier alpha value is -0.650. The molecule has 4 nitrogen and oxygen atoms in total. The van der Waals surface area contributed by atoms with Crippen molar-refractivity contribution in [1.29, 1.82) is 0 Å². The van der Waals surface area contributed by atoms with Gasteiger partial charge in [0.15, 0.2) is 0 Å². The minimum absolute atomic E-state index is 0.0514. The van der Waals surface area contributed by atoms with Crippen molar-refractivity contribution in [3.05, 3.63) is 34.9 Å². The van der Waals surface area contributed by atoms with Crippen LogP contribution in [0.4, 0.5) is 0 Å². The minimum Gasteiger partial charge on any atom is -0.385 e. The average molecular weight is 329 g/mol. The third-order valence-corrected chi connectivity index (χ3v) is 4.27. The van der Waals surface area contributed by atoms with Gasteiger partial charge in [-0.25, -0.2) is 0 Å². The molecule has 0 amide bonds. The second-order valence-electron chi connectivity index (χ2n) is 6.30. The number of hydrogen-bond acceptors (Lipinski definition) is 3. The van der Waals surface area contributed by atoms with Crippen molar-refractivity contribution in [2.24, 2.45) is 0 Å². The van der Waals surface area contributed by atoms with Gasteiger partial charge in [-0.1, -0.05) is 23.7 Å². The lowest BCUT2D eigenvalue weighted by molar-refractivity contribution is -0.918. The van der Waals surface area contributed by atoms with Crippen LogP contribution in [0.15, 0.2) is 24.3 Å². The van der Waals surface area contributed by atoms with E-state index in [0.717, 1.165) is 23.7 Å². The van der Waals surface area contributed by atoms with Crippen molar-refractivity contribution in [2.45, 2.75) is 45.2 Å². The summed E-state index contributed by atoms with van der Waals surface area (Å²) >= 11 is 5.88. The summed E-state index contributed by atoms with van der Waals surface area (Å²) in [5.41, 5.74) is 1.07. The highest BCUT2D eigenvalue weighted by atomic mass is 35.5. The predicted octanol–water partition coefficient (Wildman–Crippen LogP) is 1.47. The van der Waals surface area contributed by atoms with Gasteiger partial charge >= 0.3 is 0 Å². The fourth-order valence-electron chi connectivity index (χ4n) is 3.03. The Kier molecular flexibility index (Phi) is 6.66. The van der Waals surface area contributed by atoms with Gasteiger partial charge in [-0.05, 0) is 38.5 Å². The summed E-state index contributed by atoms with van der Waals surface area (Å²) in [5, 5.41) is 10.9. The molecule has 1 aliphatic rings. The van der Waals surface area contributed by atoms with E-state index < -0.39 is 6.10 Å². The molecule has 1 aliphatic heterocycles. The molecule has 1 fully saturated rings. The van der Waals surface area contributed by atoms with E-state index in [4.69, 9.17) is 21.1 Å². The van der Waals surface area contributed by atoms with Crippen LogP contribution in [0.25, 0.3) is 0 Å². The third kappa shape index (κ3) is 5.52. The number of hydrogen-bond donors (Lipinski definition) is 2. The summed E-state index contributed by atoms with van der Waals surface area (Å²) in [6.07, 6.45) is -0.00794. The normalized spacial score (nSPS) is 28.3. The number of quaternary nitrogens is 1. The summed E-state index contributed by atoms with van der Waals surface area (Å²) in [7, 11) is 0. The fourth-order valence-corrected chi connectivity index (χ4v) is 3.16. The Morgan fingerprint density at radius 1 is 1.27 bits per heavy atom. The van der Waals surface area contributed by atoms with E-state index in [9.17, 15) is 5.11 Å². The molecule has 5 heteroatoms. The van der Waals surface area contributed by atoms with Crippen LogP contribution in [-0.2, 0) is 9.47 Å². The Morgan fingerprint density at radius 2 is 1.86 bits per heavy atom. The van der Waals surface area contributed by atoms with Gasteiger partial charge in [-0.2, -0.15) is 0 Å². The SMILES string of the molecule is C[C@@H]1C[NH+](C[C@H](O)CO[C@@H](C)c2ccc(Cl)cc2)C[C@H](C)O1. The van der Waals surface area contributed by atoms with E-state index in [1.165, 1.54) is 4.90 Å². The maximum absolute atomic E-state index is 10.2. The number of ether oxygens (including phenoxy) is 2. The van der Waals surface area contributed by atoms with E-state index in [0.29, 0.717) is 13.2 Å². The number of morpholine rings is 1. The highest BCUT2D eigenvalue weighted by Crippen LogP contribution is 2.19. The Morgan fingerprint density at radius 3 is 2.45 bits per heavy atom. The fraction of sp³-hybridized carbons (Fsp3) is 0.647. The second kappa shape index (κ2) is 8.27. The number of rotatable bonds is 6. The van der Waals surface area contributed by atoms with Crippen molar-refractivity contribution < 1.29 is 19.5 Å². The molecule has 1 aromatic carbocycles. The Labute approximate surface area is 138 Å². The molecule has 0 bridgehead atoms. The molecule has 0 aliphatic carbocycles. The van der Waals surface area contributed by atoms with Gasteiger partial charge in [0.2, 0.25) is 0 Å². The molecule has 1 heterocycles. The summed E-state index contributed by atoms with van der Waals surface area (Å²) in [6, 6.07) is 7.62. The molecule has 22 heavy (non-hydrogen) atoms. The number of aliphatic hydroxyl groups is 1. The predicted molar refractivity (Wildman–Crippen MR) is 87.4 cm³/mol. The van der Waals surface area contributed by atoms with Crippen LogP contribution in [0.2, 0.25) is 5.02 Å². The smallest absolute Gasteiger partial charge is 0.126 e. The standard InChI is InChI=1S/C17H26ClNO3/c1-12-8-19(9-13(2)22-12)10-17(20)11-21-14(3)15-4-6-16(18)7-5-15/h4-7,12-14,17,20H,8-11H2,1-3H3/p+1/t12-,13+,14-,17-/m0/s1. The van der Waals surface area contributed by atoms with Crippen LogP contribution >= 0.6 is 11.6 Å². The zero-order chi connectivity index (χ0) is 16.1. The van der Waals surface area contributed by atoms with E-state index >= 15 is 0 Å². The summed E-state index contributed by atoms with van der Waals surface area (Å²) in [5.74, 6) is 0. The highest BCUT2D eigenvalue weighted by Gasteiger charge is 2.27. The van der Waals surface area contributed by atoms with Crippen molar-refractivity contribution in [2.75, 3.05) is 26.2 Å². The Bertz CT molecular complexity index is 444. The average Bonchev–Trinajstić information content (AvgIpc) is 2.44. The molecule has 2 rings (SSSR count). The van der Waals surface area contributed by atoms with Gasteiger partial charge in [-0.15, -0.1) is 0 Å². The van der Waals surface area contributed by atoms with E-state index in [2.05, 4.69) is 13.8 Å². The highest BCUT2D eigenvalue weighted by molar-refractivity contribution is 6.30. The largest absolute Gasteiger partial charge is 0.385 e. The van der Waals surface area contributed by atoms with Crippen LogP contribution in [0.3, 0.4) is 0 Å². The van der Waals surface area contributed by atoms with Crippen molar-refractivity contribution in [1.82, 2.24) is 0 Å². The molecule has 0 spiro atoms.